The molecular formula is C15H22N2O2. The molecule has 2 unspecified atom stereocenters. The molecule has 0 saturated carbocycles. The van der Waals surface area contributed by atoms with Crippen molar-refractivity contribution < 1.29 is 9.53 Å². The summed E-state index contributed by atoms with van der Waals surface area (Å²) in [5, 5.41) is 6.20. The summed E-state index contributed by atoms with van der Waals surface area (Å²) in [6.07, 6.45) is 2.27. The minimum atomic E-state index is -0.0505. The number of hydrogen-bond donors (Lipinski definition) is 2. The molecule has 1 heterocycles. The van der Waals surface area contributed by atoms with Crippen LogP contribution in [-0.2, 0) is 4.79 Å². The van der Waals surface area contributed by atoms with Crippen molar-refractivity contribution in [2.75, 3.05) is 19.7 Å². The number of carbonyl (C=O) groups excluding carboxylic acids is 1. The van der Waals surface area contributed by atoms with Crippen LogP contribution in [0.2, 0.25) is 0 Å². The van der Waals surface area contributed by atoms with Crippen molar-refractivity contribution >= 4 is 5.91 Å². The monoisotopic (exact) mass is 262 g/mol. The second-order valence-corrected chi connectivity index (χ2v) is 5.00. The fourth-order valence-electron chi connectivity index (χ4n) is 2.37. The molecule has 1 aromatic rings. The molecule has 104 valence electrons. The quantitative estimate of drug-likeness (QED) is 0.792. The maximum atomic E-state index is 12.0. The van der Waals surface area contributed by atoms with Crippen molar-refractivity contribution in [1.29, 1.82) is 0 Å². The summed E-state index contributed by atoms with van der Waals surface area (Å²) in [4.78, 5) is 12.0. The highest BCUT2D eigenvalue weighted by Gasteiger charge is 2.26. The highest BCUT2D eigenvalue weighted by Crippen LogP contribution is 2.15. The third-order valence-electron chi connectivity index (χ3n) is 3.47. The summed E-state index contributed by atoms with van der Waals surface area (Å²) in [6.45, 7) is 4.09. The minimum absolute atomic E-state index is 0.0505. The predicted molar refractivity (Wildman–Crippen MR) is 75.1 cm³/mol. The molecule has 0 spiro atoms. The molecule has 1 saturated heterocycles. The fourth-order valence-corrected chi connectivity index (χ4v) is 2.37. The molecule has 2 rings (SSSR count). The van der Waals surface area contributed by atoms with E-state index in [9.17, 15) is 4.79 Å². The molecule has 0 radical (unpaired) electrons. The topological polar surface area (TPSA) is 50.4 Å². The van der Waals surface area contributed by atoms with E-state index in [0.29, 0.717) is 19.1 Å². The molecule has 19 heavy (non-hydrogen) atoms. The summed E-state index contributed by atoms with van der Waals surface area (Å²) in [5.74, 6) is 1.33. The number of benzene rings is 1. The van der Waals surface area contributed by atoms with Gasteiger partial charge >= 0.3 is 0 Å². The van der Waals surface area contributed by atoms with E-state index in [1.165, 1.54) is 0 Å². The molecule has 4 heteroatoms. The van der Waals surface area contributed by atoms with Crippen molar-refractivity contribution in [3.8, 4) is 5.75 Å². The van der Waals surface area contributed by atoms with Crippen LogP contribution in [0.5, 0.6) is 5.75 Å². The molecule has 0 bridgehead atoms. The Balaban J connectivity index is 1.66. The van der Waals surface area contributed by atoms with Crippen LogP contribution in [0, 0.1) is 5.92 Å². The van der Waals surface area contributed by atoms with Gasteiger partial charge in [-0.25, -0.2) is 0 Å². The highest BCUT2D eigenvalue weighted by molar-refractivity contribution is 5.82. The van der Waals surface area contributed by atoms with Crippen LogP contribution in [0.3, 0.4) is 0 Å². The number of carbonyl (C=O) groups is 1. The van der Waals surface area contributed by atoms with Crippen molar-refractivity contribution in [1.82, 2.24) is 10.6 Å². The summed E-state index contributed by atoms with van der Waals surface area (Å²) < 4.78 is 5.54. The Hall–Kier alpha value is -1.55. The molecular weight excluding hydrogens is 240 g/mol. The van der Waals surface area contributed by atoms with E-state index in [2.05, 4.69) is 17.6 Å². The number of rotatable bonds is 5. The van der Waals surface area contributed by atoms with Crippen LogP contribution in [0.25, 0.3) is 0 Å². The minimum Gasteiger partial charge on any atom is -0.492 e. The number of nitrogens with one attached hydrogen (secondary N) is 2. The van der Waals surface area contributed by atoms with Crippen LogP contribution in [-0.4, -0.2) is 31.6 Å². The average Bonchev–Trinajstić information content (AvgIpc) is 2.45. The molecule has 0 aliphatic carbocycles. The Bertz CT molecular complexity index is 394. The lowest BCUT2D eigenvalue weighted by atomic mass is 9.92. The molecule has 1 amide bonds. The van der Waals surface area contributed by atoms with E-state index in [4.69, 9.17) is 4.74 Å². The second kappa shape index (κ2) is 7.14. The van der Waals surface area contributed by atoms with Crippen molar-refractivity contribution in [2.24, 2.45) is 5.92 Å². The lowest BCUT2D eigenvalue weighted by molar-refractivity contribution is -0.124. The van der Waals surface area contributed by atoms with E-state index in [1.807, 2.05) is 30.3 Å². The first-order valence-electron chi connectivity index (χ1n) is 6.96. The zero-order valence-electron chi connectivity index (χ0n) is 11.4. The Morgan fingerprint density at radius 3 is 2.95 bits per heavy atom. The number of para-hydroxylation sites is 1. The smallest absolute Gasteiger partial charge is 0.237 e. The second-order valence-electron chi connectivity index (χ2n) is 5.00. The maximum absolute atomic E-state index is 12.0. The first-order valence-corrected chi connectivity index (χ1v) is 6.96. The summed E-state index contributed by atoms with van der Waals surface area (Å²) in [6, 6.07) is 9.58. The predicted octanol–water partition coefficient (Wildman–Crippen LogP) is 1.57. The van der Waals surface area contributed by atoms with Crippen LogP contribution < -0.4 is 15.4 Å². The molecule has 4 nitrogen and oxygen atoms in total. The summed E-state index contributed by atoms with van der Waals surface area (Å²) >= 11 is 0. The SMILES string of the molecule is CC1CCCNC1C(=O)NCCOc1ccccc1. The Morgan fingerprint density at radius 1 is 1.42 bits per heavy atom. The highest BCUT2D eigenvalue weighted by atomic mass is 16.5. The zero-order valence-corrected chi connectivity index (χ0v) is 11.4. The van der Waals surface area contributed by atoms with Crippen molar-refractivity contribution in [3.63, 3.8) is 0 Å². The molecule has 1 aliphatic rings. The van der Waals surface area contributed by atoms with Gasteiger partial charge in [0.1, 0.15) is 12.4 Å². The van der Waals surface area contributed by atoms with E-state index >= 15 is 0 Å². The van der Waals surface area contributed by atoms with Crippen LogP contribution in [0.1, 0.15) is 19.8 Å². The fraction of sp³-hybridized carbons (Fsp3) is 0.533. The Labute approximate surface area is 114 Å². The maximum Gasteiger partial charge on any atom is 0.237 e. The van der Waals surface area contributed by atoms with Gasteiger partial charge in [-0.2, -0.15) is 0 Å². The van der Waals surface area contributed by atoms with E-state index < -0.39 is 0 Å². The van der Waals surface area contributed by atoms with E-state index in [0.717, 1.165) is 25.1 Å². The standard InChI is InChI=1S/C15H22N2O2/c1-12-6-5-9-16-14(12)15(18)17-10-11-19-13-7-3-2-4-8-13/h2-4,7-8,12,14,16H,5-6,9-11H2,1H3,(H,17,18). The van der Waals surface area contributed by atoms with Gasteiger partial charge < -0.3 is 15.4 Å². The van der Waals surface area contributed by atoms with Crippen LogP contribution >= 0.6 is 0 Å². The summed E-state index contributed by atoms with van der Waals surface area (Å²) in [5.41, 5.74) is 0. The van der Waals surface area contributed by atoms with Gasteiger partial charge in [-0.15, -0.1) is 0 Å². The molecule has 1 aliphatic heterocycles. The zero-order chi connectivity index (χ0) is 13.5. The Kier molecular flexibility index (Phi) is 5.21. The third kappa shape index (κ3) is 4.24. The molecule has 1 aromatic carbocycles. The van der Waals surface area contributed by atoms with Gasteiger partial charge in [-0.3, -0.25) is 4.79 Å². The van der Waals surface area contributed by atoms with Crippen molar-refractivity contribution in [3.05, 3.63) is 30.3 Å². The largest absolute Gasteiger partial charge is 0.492 e. The number of hydrogen-bond acceptors (Lipinski definition) is 3. The van der Waals surface area contributed by atoms with Gasteiger partial charge in [0.05, 0.1) is 12.6 Å². The number of piperidine rings is 1. The van der Waals surface area contributed by atoms with Gasteiger partial charge in [0.25, 0.3) is 0 Å². The van der Waals surface area contributed by atoms with Gasteiger partial charge in [0, 0.05) is 0 Å². The van der Waals surface area contributed by atoms with Crippen LogP contribution in [0.15, 0.2) is 30.3 Å². The van der Waals surface area contributed by atoms with Gasteiger partial charge in [0.2, 0.25) is 5.91 Å². The number of ether oxygens (including phenoxy) is 1. The van der Waals surface area contributed by atoms with Gasteiger partial charge in [-0.1, -0.05) is 25.1 Å². The normalized spacial score (nSPS) is 22.8. The molecule has 1 fully saturated rings. The first kappa shape index (κ1) is 13.9. The number of amides is 1. The summed E-state index contributed by atoms with van der Waals surface area (Å²) in [7, 11) is 0. The third-order valence-corrected chi connectivity index (χ3v) is 3.47. The van der Waals surface area contributed by atoms with Crippen molar-refractivity contribution in [2.45, 2.75) is 25.8 Å². The van der Waals surface area contributed by atoms with E-state index in [1.54, 1.807) is 0 Å². The van der Waals surface area contributed by atoms with Crippen LogP contribution in [0.4, 0.5) is 0 Å². The first-order chi connectivity index (χ1) is 9.27. The van der Waals surface area contributed by atoms with Gasteiger partial charge in [0.15, 0.2) is 0 Å². The average molecular weight is 262 g/mol. The molecule has 0 aromatic heterocycles. The molecule has 2 N–H and O–H groups in total. The van der Waals surface area contributed by atoms with Gasteiger partial charge in [-0.05, 0) is 37.4 Å². The van der Waals surface area contributed by atoms with E-state index in [-0.39, 0.29) is 11.9 Å². The Morgan fingerprint density at radius 2 is 2.21 bits per heavy atom. The lowest BCUT2D eigenvalue weighted by Crippen LogP contribution is -2.51. The lowest BCUT2D eigenvalue weighted by Gasteiger charge is -2.28. The molecule has 2 atom stereocenters.